The van der Waals surface area contributed by atoms with Gasteiger partial charge in [-0.25, -0.2) is 4.98 Å². The molecule has 0 aliphatic heterocycles. The predicted octanol–water partition coefficient (Wildman–Crippen LogP) is 4.27. The van der Waals surface area contributed by atoms with E-state index in [0.717, 1.165) is 21.0 Å². The van der Waals surface area contributed by atoms with Gasteiger partial charge in [-0.3, -0.25) is 4.79 Å². The Hall–Kier alpha value is -1.85. The van der Waals surface area contributed by atoms with Gasteiger partial charge in [0.05, 0.1) is 16.0 Å². The minimum absolute atomic E-state index is 0.194. The number of carbonyl (C=O) groups excluding carboxylic acids is 1. The molecule has 0 N–H and O–H groups in total. The first-order valence-electron chi connectivity index (χ1n) is 6.93. The number of hydrogen-bond acceptors (Lipinski definition) is 5. The van der Waals surface area contributed by atoms with E-state index in [4.69, 9.17) is 4.74 Å². The first-order chi connectivity index (χ1) is 10.8. The SMILES string of the molecule is O=C(CSCc1ccccc1)OCc1nc2ccccc2s1. The number of fused-ring (bicyclic) bond motifs is 1. The van der Waals surface area contributed by atoms with Crippen molar-refractivity contribution in [3.05, 3.63) is 65.2 Å². The van der Waals surface area contributed by atoms with Crippen LogP contribution in [-0.4, -0.2) is 16.7 Å². The highest BCUT2D eigenvalue weighted by atomic mass is 32.2. The molecule has 0 amide bonds. The van der Waals surface area contributed by atoms with Crippen LogP contribution in [-0.2, 0) is 21.9 Å². The number of carbonyl (C=O) groups is 1. The van der Waals surface area contributed by atoms with Gasteiger partial charge in [-0.1, -0.05) is 42.5 Å². The molecule has 1 aromatic heterocycles. The van der Waals surface area contributed by atoms with E-state index in [1.54, 1.807) is 23.1 Å². The molecule has 2 aromatic carbocycles. The van der Waals surface area contributed by atoms with Gasteiger partial charge >= 0.3 is 5.97 Å². The molecule has 22 heavy (non-hydrogen) atoms. The summed E-state index contributed by atoms with van der Waals surface area (Å²) >= 11 is 3.13. The van der Waals surface area contributed by atoms with Gasteiger partial charge in [-0.2, -0.15) is 0 Å². The maximum atomic E-state index is 11.8. The number of para-hydroxylation sites is 1. The molecule has 3 nitrogen and oxygen atoms in total. The van der Waals surface area contributed by atoms with Crippen LogP contribution in [0.2, 0.25) is 0 Å². The van der Waals surface area contributed by atoms with Crippen molar-refractivity contribution in [2.24, 2.45) is 0 Å². The van der Waals surface area contributed by atoms with Crippen molar-refractivity contribution in [2.45, 2.75) is 12.4 Å². The van der Waals surface area contributed by atoms with Gasteiger partial charge in [0.2, 0.25) is 0 Å². The highest BCUT2D eigenvalue weighted by molar-refractivity contribution is 7.99. The van der Waals surface area contributed by atoms with Gasteiger partial charge in [-0.05, 0) is 17.7 Å². The molecule has 3 rings (SSSR count). The molecule has 1 heterocycles. The lowest BCUT2D eigenvalue weighted by Gasteiger charge is -2.03. The van der Waals surface area contributed by atoms with Gasteiger partial charge in [0, 0.05) is 5.75 Å². The number of ether oxygens (including phenoxy) is 1. The van der Waals surface area contributed by atoms with Gasteiger partial charge < -0.3 is 4.74 Å². The van der Waals surface area contributed by atoms with Gasteiger partial charge in [0.1, 0.15) is 11.6 Å². The summed E-state index contributed by atoms with van der Waals surface area (Å²) < 4.78 is 6.40. The predicted molar refractivity (Wildman–Crippen MR) is 92.0 cm³/mol. The van der Waals surface area contributed by atoms with Crippen LogP contribution in [0.5, 0.6) is 0 Å². The molecule has 0 saturated carbocycles. The lowest BCUT2D eigenvalue weighted by atomic mass is 10.2. The van der Waals surface area contributed by atoms with E-state index in [0.29, 0.717) is 5.75 Å². The summed E-state index contributed by atoms with van der Waals surface area (Å²) in [6.45, 7) is 0.254. The molecular formula is C17H15NO2S2. The molecule has 0 radical (unpaired) electrons. The average molecular weight is 329 g/mol. The van der Waals surface area contributed by atoms with Crippen LogP contribution >= 0.6 is 23.1 Å². The van der Waals surface area contributed by atoms with E-state index in [1.807, 2.05) is 42.5 Å². The zero-order valence-corrected chi connectivity index (χ0v) is 13.5. The van der Waals surface area contributed by atoms with Crippen LogP contribution in [0.4, 0.5) is 0 Å². The van der Waals surface area contributed by atoms with E-state index in [2.05, 4.69) is 17.1 Å². The molecule has 3 aromatic rings. The van der Waals surface area contributed by atoms with Gasteiger partial charge in [-0.15, -0.1) is 23.1 Å². The van der Waals surface area contributed by atoms with E-state index >= 15 is 0 Å². The Kier molecular flexibility index (Phi) is 5.08. The van der Waals surface area contributed by atoms with Crippen LogP contribution in [0.25, 0.3) is 10.2 Å². The van der Waals surface area contributed by atoms with Gasteiger partial charge in [0.15, 0.2) is 0 Å². The largest absolute Gasteiger partial charge is 0.458 e. The fourth-order valence-electron chi connectivity index (χ4n) is 1.99. The minimum atomic E-state index is -0.194. The van der Waals surface area contributed by atoms with Crippen LogP contribution < -0.4 is 0 Å². The molecule has 0 fully saturated rings. The number of nitrogens with zero attached hydrogens (tertiary/aromatic N) is 1. The van der Waals surface area contributed by atoms with Crippen molar-refractivity contribution < 1.29 is 9.53 Å². The molecule has 0 atom stereocenters. The molecule has 0 aliphatic carbocycles. The zero-order valence-electron chi connectivity index (χ0n) is 11.9. The monoisotopic (exact) mass is 329 g/mol. The molecular weight excluding hydrogens is 314 g/mol. The number of hydrogen-bond donors (Lipinski definition) is 0. The third-order valence-electron chi connectivity index (χ3n) is 3.03. The first-order valence-corrected chi connectivity index (χ1v) is 8.90. The molecule has 5 heteroatoms. The summed E-state index contributed by atoms with van der Waals surface area (Å²) in [6.07, 6.45) is 0. The second kappa shape index (κ2) is 7.42. The number of rotatable bonds is 6. The topological polar surface area (TPSA) is 39.2 Å². The molecule has 0 saturated heterocycles. The molecule has 0 bridgehead atoms. The van der Waals surface area contributed by atoms with Crippen molar-refractivity contribution in [1.82, 2.24) is 4.98 Å². The first kappa shape index (κ1) is 15.1. The summed E-state index contributed by atoms with van der Waals surface area (Å²) in [5.41, 5.74) is 2.17. The summed E-state index contributed by atoms with van der Waals surface area (Å²) in [6, 6.07) is 18.0. The number of aromatic nitrogens is 1. The number of esters is 1. The van der Waals surface area contributed by atoms with E-state index in [1.165, 1.54) is 5.56 Å². The minimum Gasteiger partial charge on any atom is -0.458 e. The smallest absolute Gasteiger partial charge is 0.316 e. The van der Waals surface area contributed by atoms with Crippen LogP contribution in [0, 0.1) is 0 Å². The summed E-state index contributed by atoms with van der Waals surface area (Å²) in [4.78, 5) is 16.2. The summed E-state index contributed by atoms with van der Waals surface area (Å²) in [7, 11) is 0. The third-order valence-corrected chi connectivity index (χ3v) is 5.01. The molecule has 0 aliphatic rings. The third kappa shape index (κ3) is 4.08. The Bertz CT molecular complexity index is 722. The van der Waals surface area contributed by atoms with E-state index < -0.39 is 0 Å². The standard InChI is InChI=1S/C17H15NO2S2/c19-17(12-21-11-13-6-2-1-3-7-13)20-10-16-18-14-8-4-5-9-15(14)22-16/h1-9H,10-12H2. The quantitative estimate of drug-likeness (QED) is 0.633. The fourth-order valence-corrected chi connectivity index (χ4v) is 3.65. The molecule has 112 valence electrons. The van der Waals surface area contributed by atoms with Crippen molar-refractivity contribution in [1.29, 1.82) is 0 Å². The van der Waals surface area contributed by atoms with Crippen molar-refractivity contribution in [3.8, 4) is 0 Å². The summed E-state index contributed by atoms with van der Waals surface area (Å²) in [5.74, 6) is 0.983. The fraction of sp³-hybridized carbons (Fsp3) is 0.176. The van der Waals surface area contributed by atoms with Crippen molar-refractivity contribution in [2.75, 3.05) is 5.75 Å². The molecule has 0 spiro atoms. The number of thiazole rings is 1. The Labute approximate surface area is 137 Å². The second-order valence-electron chi connectivity index (χ2n) is 4.71. The van der Waals surface area contributed by atoms with Crippen molar-refractivity contribution in [3.63, 3.8) is 0 Å². The van der Waals surface area contributed by atoms with E-state index in [-0.39, 0.29) is 12.6 Å². The van der Waals surface area contributed by atoms with Gasteiger partial charge in [0.25, 0.3) is 0 Å². The number of thioether (sulfide) groups is 1. The van der Waals surface area contributed by atoms with Crippen LogP contribution in [0.3, 0.4) is 0 Å². The Balaban J connectivity index is 1.44. The normalized spacial score (nSPS) is 10.7. The van der Waals surface area contributed by atoms with Crippen LogP contribution in [0.1, 0.15) is 10.6 Å². The lowest BCUT2D eigenvalue weighted by molar-refractivity contribution is -0.141. The Morgan fingerprint density at radius 2 is 1.86 bits per heavy atom. The summed E-state index contributed by atoms with van der Waals surface area (Å²) in [5, 5.41) is 0.836. The lowest BCUT2D eigenvalue weighted by Crippen LogP contribution is -2.07. The van der Waals surface area contributed by atoms with E-state index in [9.17, 15) is 4.79 Å². The maximum absolute atomic E-state index is 11.8. The Morgan fingerprint density at radius 1 is 1.09 bits per heavy atom. The number of benzene rings is 2. The Morgan fingerprint density at radius 3 is 2.68 bits per heavy atom. The highest BCUT2D eigenvalue weighted by Gasteiger charge is 2.07. The molecule has 0 unspecified atom stereocenters. The second-order valence-corrected chi connectivity index (χ2v) is 6.82. The van der Waals surface area contributed by atoms with Crippen molar-refractivity contribution >= 4 is 39.3 Å². The highest BCUT2D eigenvalue weighted by Crippen LogP contribution is 2.22. The maximum Gasteiger partial charge on any atom is 0.316 e. The van der Waals surface area contributed by atoms with Crippen LogP contribution in [0.15, 0.2) is 54.6 Å². The average Bonchev–Trinajstić information content (AvgIpc) is 2.97. The zero-order chi connectivity index (χ0) is 15.2.